The number of nitrogens with one attached hydrogen (secondary N) is 1. The van der Waals surface area contributed by atoms with Crippen molar-refractivity contribution in [1.29, 1.82) is 0 Å². The molecule has 1 aliphatic heterocycles. The van der Waals surface area contributed by atoms with Crippen LogP contribution in [0, 0.1) is 5.92 Å². The summed E-state index contributed by atoms with van der Waals surface area (Å²) >= 11 is 0. The summed E-state index contributed by atoms with van der Waals surface area (Å²) in [4.78, 5) is 15.5. The molecule has 3 aromatic rings. The first-order chi connectivity index (χ1) is 13.7. The SMILES string of the molecule is CC[C@@H]1[C@@H](C)[C@@H](Nc2ccccc2)c2ccccc2N1C(=O)c1ccccc1. The molecule has 4 rings (SSSR count). The van der Waals surface area contributed by atoms with Crippen molar-refractivity contribution >= 4 is 17.3 Å². The van der Waals surface area contributed by atoms with Crippen LogP contribution in [0.2, 0.25) is 0 Å². The first-order valence-electron chi connectivity index (χ1n) is 9.99. The molecule has 3 aromatic carbocycles. The van der Waals surface area contributed by atoms with Crippen molar-refractivity contribution in [2.24, 2.45) is 5.92 Å². The lowest BCUT2D eigenvalue weighted by molar-refractivity contribution is 0.0960. The van der Waals surface area contributed by atoms with E-state index in [1.807, 2.05) is 59.5 Å². The van der Waals surface area contributed by atoms with Crippen molar-refractivity contribution in [1.82, 2.24) is 0 Å². The van der Waals surface area contributed by atoms with Crippen LogP contribution in [0.3, 0.4) is 0 Å². The van der Waals surface area contributed by atoms with Crippen LogP contribution >= 0.6 is 0 Å². The molecule has 3 atom stereocenters. The quantitative estimate of drug-likeness (QED) is 0.619. The Hall–Kier alpha value is -3.07. The molecule has 0 bridgehead atoms. The summed E-state index contributed by atoms with van der Waals surface area (Å²) in [5, 5.41) is 3.71. The van der Waals surface area contributed by atoms with Gasteiger partial charge in [0.2, 0.25) is 0 Å². The van der Waals surface area contributed by atoms with Gasteiger partial charge in [0.25, 0.3) is 5.91 Å². The second-order valence-electron chi connectivity index (χ2n) is 7.42. The molecule has 0 radical (unpaired) electrons. The van der Waals surface area contributed by atoms with E-state index in [1.165, 1.54) is 5.56 Å². The molecule has 0 saturated carbocycles. The third-order valence-electron chi connectivity index (χ3n) is 5.75. The minimum absolute atomic E-state index is 0.0740. The fraction of sp³-hybridized carbons (Fsp3) is 0.240. The van der Waals surface area contributed by atoms with E-state index in [0.717, 1.165) is 23.4 Å². The van der Waals surface area contributed by atoms with Gasteiger partial charge in [0, 0.05) is 28.9 Å². The first-order valence-corrected chi connectivity index (χ1v) is 9.99. The van der Waals surface area contributed by atoms with Crippen LogP contribution in [0.4, 0.5) is 11.4 Å². The Morgan fingerprint density at radius 3 is 2.18 bits per heavy atom. The lowest BCUT2D eigenvalue weighted by Crippen LogP contribution is -2.50. The minimum Gasteiger partial charge on any atom is -0.378 e. The van der Waals surface area contributed by atoms with Gasteiger partial charge in [-0.05, 0) is 42.3 Å². The van der Waals surface area contributed by atoms with Gasteiger partial charge >= 0.3 is 0 Å². The zero-order chi connectivity index (χ0) is 19.5. The summed E-state index contributed by atoms with van der Waals surface area (Å²) in [5.74, 6) is 0.345. The fourth-order valence-electron chi connectivity index (χ4n) is 4.35. The van der Waals surface area contributed by atoms with Crippen LogP contribution < -0.4 is 10.2 Å². The number of carbonyl (C=O) groups is 1. The summed E-state index contributed by atoms with van der Waals surface area (Å²) in [6, 6.07) is 28.5. The van der Waals surface area contributed by atoms with Crippen LogP contribution in [-0.2, 0) is 0 Å². The Morgan fingerprint density at radius 2 is 1.50 bits per heavy atom. The molecule has 0 spiro atoms. The number of fused-ring (bicyclic) bond motifs is 1. The van der Waals surface area contributed by atoms with Gasteiger partial charge in [-0.2, -0.15) is 0 Å². The highest BCUT2D eigenvalue weighted by Crippen LogP contribution is 2.43. The van der Waals surface area contributed by atoms with Crippen LogP contribution in [0.15, 0.2) is 84.9 Å². The number of para-hydroxylation sites is 2. The van der Waals surface area contributed by atoms with E-state index in [-0.39, 0.29) is 23.9 Å². The van der Waals surface area contributed by atoms with Crippen LogP contribution in [0.5, 0.6) is 0 Å². The monoisotopic (exact) mass is 370 g/mol. The minimum atomic E-state index is 0.0740. The van der Waals surface area contributed by atoms with E-state index in [1.54, 1.807) is 0 Å². The third-order valence-corrected chi connectivity index (χ3v) is 5.75. The van der Waals surface area contributed by atoms with E-state index in [9.17, 15) is 4.79 Å². The molecule has 3 nitrogen and oxygen atoms in total. The molecule has 3 heteroatoms. The Morgan fingerprint density at radius 1 is 0.893 bits per heavy atom. The molecular formula is C25H26N2O. The second kappa shape index (κ2) is 7.89. The summed E-state index contributed by atoms with van der Waals surface area (Å²) < 4.78 is 0. The molecule has 0 unspecified atom stereocenters. The Balaban J connectivity index is 1.77. The van der Waals surface area contributed by atoms with E-state index < -0.39 is 0 Å². The topological polar surface area (TPSA) is 32.3 Å². The lowest BCUT2D eigenvalue weighted by atomic mass is 9.80. The largest absolute Gasteiger partial charge is 0.378 e. The summed E-state index contributed by atoms with van der Waals surface area (Å²) in [6.45, 7) is 4.41. The molecular weight excluding hydrogens is 344 g/mol. The highest BCUT2D eigenvalue weighted by Gasteiger charge is 2.40. The Bertz CT molecular complexity index is 939. The van der Waals surface area contributed by atoms with Crippen molar-refractivity contribution < 1.29 is 4.79 Å². The standard InChI is InChI=1S/C25H26N2O/c1-3-22-18(2)24(26-20-14-8-5-9-15-20)21-16-10-11-17-23(21)27(22)25(28)19-12-6-4-7-13-19/h4-18,22,24,26H,3H2,1-2H3/t18-,22-,24-/m1/s1. The summed E-state index contributed by atoms with van der Waals surface area (Å²) in [5.41, 5.74) is 4.02. The van der Waals surface area contributed by atoms with Crippen LogP contribution in [0.1, 0.15) is 42.2 Å². The zero-order valence-corrected chi connectivity index (χ0v) is 16.4. The van der Waals surface area contributed by atoms with Crippen molar-refractivity contribution in [3.05, 3.63) is 96.1 Å². The molecule has 0 aliphatic carbocycles. The van der Waals surface area contributed by atoms with Crippen LogP contribution in [0.25, 0.3) is 0 Å². The van der Waals surface area contributed by atoms with Crippen LogP contribution in [-0.4, -0.2) is 11.9 Å². The maximum Gasteiger partial charge on any atom is 0.258 e. The molecule has 1 heterocycles. The van der Waals surface area contributed by atoms with Gasteiger partial charge in [-0.15, -0.1) is 0 Å². The van der Waals surface area contributed by atoms with Gasteiger partial charge in [-0.25, -0.2) is 0 Å². The number of carbonyl (C=O) groups excluding carboxylic acids is 1. The lowest BCUT2D eigenvalue weighted by Gasteiger charge is -2.45. The van der Waals surface area contributed by atoms with E-state index in [4.69, 9.17) is 0 Å². The Kier molecular flexibility index (Phi) is 5.16. The molecule has 142 valence electrons. The number of rotatable bonds is 4. The van der Waals surface area contributed by atoms with Gasteiger partial charge < -0.3 is 10.2 Å². The number of amides is 1. The Labute approximate surface area is 167 Å². The average molecular weight is 370 g/mol. The summed E-state index contributed by atoms with van der Waals surface area (Å²) in [6.07, 6.45) is 0.904. The average Bonchev–Trinajstić information content (AvgIpc) is 2.76. The van der Waals surface area contributed by atoms with Crippen molar-refractivity contribution in [2.75, 3.05) is 10.2 Å². The molecule has 0 fully saturated rings. The predicted molar refractivity (Wildman–Crippen MR) is 116 cm³/mol. The summed E-state index contributed by atoms with van der Waals surface area (Å²) in [7, 11) is 0. The maximum atomic E-state index is 13.4. The van der Waals surface area contributed by atoms with Crippen molar-refractivity contribution in [3.63, 3.8) is 0 Å². The van der Waals surface area contributed by atoms with Gasteiger partial charge in [0.05, 0.1) is 6.04 Å². The molecule has 0 saturated heterocycles. The van der Waals surface area contributed by atoms with Gasteiger partial charge in [0.15, 0.2) is 0 Å². The zero-order valence-electron chi connectivity index (χ0n) is 16.4. The second-order valence-corrected chi connectivity index (χ2v) is 7.42. The van der Waals surface area contributed by atoms with Gasteiger partial charge in [0.1, 0.15) is 0 Å². The third kappa shape index (κ3) is 3.29. The van der Waals surface area contributed by atoms with Crippen molar-refractivity contribution in [3.8, 4) is 0 Å². The number of nitrogens with zero attached hydrogens (tertiary/aromatic N) is 1. The molecule has 1 N–H and O–H groups in total. The maximum absolute atomic E-state index is 13.4. The predicted octanol–water partition coefficient (Wildman–Crippen LogP) is 5.91. The number of hydrogen-bond donors (Lipinski definition) is 1. The molecule has 0 aromatic heterocycles. The van der Waals surface area contributed by atoms with E-state index in [0.29, 0.717) is 0 Å². The normalized spacial score (nSPS) is 21.1. The molecule has 1 amide bonds. The van der Waals surface area contributed by atoms with Gasteiger partial charge in [-0.3, -0.25) is 4.79 Å². The fourth-order valence-corrected chi connectivity index (χ4v) is 4.35. The van der Waals surface area contributed by atoms with Crippen molar-refractivity contribution in [2.45, 2.75) is 32.4 Å². The van der Waals surface area contributed by atoms with E-state index >= 15 is 0 Å². The highest BCUT2D eigenvalue weighted by molar-refractivity contribution is 6.07. The number of anilines is 2. The van der Waals surface area contributed by atoms with Gasteiger partial charge in [-0.1, -0.05) is 68.4 Å². The molecule has 1 aliphatic rings. The molecule has 28 heavy (non-hydrogen) atoms. The number of benzene rings is 3. The van der Waals surface area contributed by atoms with E-state index in [2.05, 4.69) is 49.5 Å². The highest BCUT2D eigenvalue weighted by atomic mass is 16.2. The first kappa shape index (κ1) is 18.3. The number of hydrogen-bond acceptors (Lipinski definition) is 2. The smallest absolute Gasteiger partial charge is 0.258 e.